The zero-order valence-corrected chi connectivity index (χ0v) is 17.9. The Balaban J connectivity index is 1.67. The molecule has 6 heteroatoms. The maximum Gasteiger partial charge on any atom is 0.339 e. The summed E-state index contributed by atoms with van der Waals surface area (Å²) in [6.07, 6.45) is 0. The molecule has 0 aromatic heterocycles. The fourth-order valence-electron chi connectivity index (χ4n) is 2.46. The number of hydrogen-bond acceptors (Lipinski definition) is 4. The van der Waals surface area contributed by atoms with Gasteiger partial charge < -0.3 is 9.47 Å². The topological polar surface area (TPSA) is 52.6 Å². The van der Waals surface area contributed by atoms with Crippen LogP contribution in [0.15, 0.2) is 81.7 Å². The van der Waals surface area contributed by atoms with Gasteiger partial charge in [-0.3, -0.25) is 0 Å². The van der Waals surface area contributed by atoms with Crippen molar-refractivity contribution in [2.75, 3.05) is 0 Å². The van der Waals surface area contributed by atoms with Crippen LogP contribution in [0.4, 0.5) is 0 Å². The van der Waals surface area contributed by atoms with E-state index in [-0.39, 0.29) is 13.2 Å². The van der Waals surface area contributed by atoms with Crippen LogP contribution >= 0.6 is 31.9 Å². The molecule has 3 rings (SSSR count). The van der Waals surface area contributed by atoms with Crippen molar-refractivity contribution in [3.63, 3.8) is 0 Å². The van der Waals surface area contributed by atoms with Gasteiger partial charge in [-0.2, -0.15) is 0 Å². The second kappa shape index (κ2) is 9.66. The molecule has 0 saturated carbocycles. The van der Waals surface area contributed by atoms with Gasteiger partial charge in [-0.25, -0.2) is 9.59 Å². The summed E-state index contributed by atoms with van der Waals surface area (Å²) in [5, 5.41) is 0. The molecule has 0 amide bonds. The molecule has 0 spiro atoms. The van der Waals surface area contributed by atoms with Crippen LogP contribution in [0.25, 0.3) is 0 Å². The molecule has 3 aromatic carbocycles. The van der Waals surface area contributed by atoms with Gasteiger partial charge in [0, 0.05) is 8.95 Å². The van der Waals surface area contributed by atoms with Crippen molar-refractivity contribution in [3.05, 3.63) is 104 Å². The molecule has 0 radical (unpaired) electrons. The van der Waals surface area contributed by atoms with Gasteiger partial charge in [0.1, 0.15) is 13.2 Å². The van der Waals surface area contributed by atoms with E-state index in [1.54, 1.807) is 12.1 Å². The molecule has 4 nitrogen and oxygen atoms in total. The highest BCUT2D eigenvalue weighted by atomic mass is 79.9. The zero-order valence-electron chi connectivity index (χ0n) is 14.7. The van der Waals surface area contributed by atoms with E-state index >= 15 is 0 Å². The normalized spacial score (nSPS) is 10.4. The van der Waals surface area contributed by atoms with Crippen LogP contribution < -0.4 is 0 Å². The summed E-state index contributed by atoms with van der Waals surface area (Å²) >= 11 is 6.69. The molecule has 28 heavy (non-hydrogen) atoms. The number of hydrogen-bond donors (Lipinski definition) is 0. The van der Waals surface area contributed by atoms with Gasteiger partial charge in [0.25, 0.3) is 0 Å². The lowest BCUT2D eigenvalue weighted by Crippen LogP contribution is -2.10. The maximum absolute atomic E-state index is 12.4. The highest BCUT2D eigenvalue weighted by molar-refractivity contribution is 9.11. The first kappa shape index (κ1) is 20.3. The fourth-order valence-corrected chi connectivity index (χ4v) is 3.47. The summed E-state index contributed by atoms with van der Waals surface area (Å²) in [4.78, 5) is 24.8. The third-order valence-corrected chi connectivity index (χ3v) is 5.23. The third kappa shape index (κ3) is 5.30. The van der Waals surface area contributed by atoms with Crippen molar-refractivity contribution in [1.29, 1.82) is 0 Å². The third-order valence-electron chi connectivity index (χ3n) is 3.92. The highest BCUT2D eigenvalue weighted by Gasteiger charge is 2.19. The van der Waals surface area contributed by atoms with Crippen LogP contribution in [0, 0.1) is 0 Å². The fraction of sp³-hybridized carbons (Fsp3) is 0.0909. The Labute approximate surface area is 179 Å². The Morgan fingerprint density at radius 1 is 0.643 bits per heavy atom. The van der Waals surface area contributed by atoms with E-state index in [1.165, 1.54) is 0 Å². The zero-order chi connectivity index (χ0) is 19.9. The summed E-state index contributed by atoms with van der Waals surface area (Å²) in [7, 11) is 0. The monoisotopic (exact) mass is 502 g/mol. The first-order chi connectivity index (χ1) is 13.5. The minimum atomic E-state index is -0.486. The summed E-state index contributed by atoms with van der Waals surface area (Å²) in [6, 6.07) is 21.9. The number of ether oxygens (including phenoxy) is 2. The predicted molar refractivity (Wildman–Crippen MR) is 113 cm³/mol. The molecule has 0 unspecified atom stereocenters. The van der Waals surface area contributed by atoms with E-state index < -0.39 is 11.9 Å². The lowest BCUT2D eigenvalue weighted by molar-refractivity contribution is 0.0457. The standard InChI is InChI=1S/C22H16Br2O4/c23-19-12-18(22(26)28-14-16-9-5-2-6-10-16)20(24)11-17(19)21(25)27-13-15-7-3-1-4-8-15/h1-12H,13-14H2. The van der Waals surface area contributed by atoms with Gasteiger partial charge in [-0.05, 0) is 55.1 Å². The lowest BCUT2D eigenvalue weighted by Gasteiger charge is -2.11. The van der Waals surface area contributed by atoms with Crippen LogP contribution in [0.5, 0.6) is 0 Å². The molecule has 0 atom stereocenters. The highest BCUT2D eigenvalue weighted by Crippen LogP contribution is 2.28. The van der Waals surface area contributed by atoms with Gasteiger partial charge in [-0.1, -0.05) is 60.7 Å². The minimum absolute atomic E-state index is 0.171. The number of esters is 2. The Morgan fingerprint density at radius 3 is 1.36 bits per heavy atom. The molecule has 0 aliphatic heterocycles. The van der Waals surface area contributed by atoms with E-state index in [4.69, 9.17) is 9.47 Å². The Morgan fingerprint density at radius 2 is 1.00 bits per heavy atom. The Bertz CT molecular complexity index is 891. The SMILES string of the molecule is O=C(OCc1ccccc1)c1cc(Br)c(C(=O)OCc2ccccc2)cc1Br. The molecule has 3 aromatic rings. The van der Waals surface area contributed by atoms with E-state index in [9.17, 15) is 9.59 Å². The second-order valence-electron chi connectivity index (χ2n) is 5.94. The van der Waals surface area contributed by atoms with Crippen molar-refractivity contribution >= 4 is 43.8 Å². The molecule has 0 aliphatic carbocycles. The number of benzene rings is 3. The predicted octanol–water partition coefficient (Wildman–Crippen LogP) is 5.93. The number of rotatable bonds is 6. The molecule has 0 heterocycles. The van der Waals surface area contributed by atoms with E-state index in [0.717, 1.165) is 11.1 Å². The average molecular weight is 504 g/mol. The van der Waals surface area contributed by atoms with Crippen molar-refractivity contribution in [1.82, 2.24) is 0 Å². The Kier molecular flexibility index (Phi) is 7.01. The number of carbonyl (C=O) groups is 2. The molecule has 0 fully saturated rings. The molecular formula is C22H16Br2O4. The van der Waals surface area contributed by atoms with Crippen LogP contribution in [0.3, 0.4) is 0 Å². The summed E-state index contributed by atoms with van der Waals surface area (Å²) in [5.41, 5.74) is 2.43. The molecule has 0 N–H and O–H groups in total. The number of halogens is 2. The summed E-state index contributed by atoms with van der Waals surface area (Å²) in [5.74, 6) is -0.971. The first-order valence-corrected chi connectivity index (χ1v) is 10.0. The first-order valence-electron chi connectivity index (χ1n) is 8.45. The van der Waals surface area contributed by atoms with Crippen molar-refractivity contribution in [3.8, 4) is 0 Å². The van der Waals surface area contributed by atoms with Crippen LogP contribution in [-0.4, -0.2) is 11.9 Å². The number of carbonyl (C=O) groups excluding carboxylic acids is 2. The van der Waals surface area contributed by atoms with Gasteiger partial charge >= 0.3 is 11.9 Å². The van der Waals surface area contributed by atoms with Crippen LogP contribution in [0.2, 0.25) is 0 Å². The molecular weight excluding hydrogens is 488 g/mol. The Hall–Kier alpha value is -2.44. The van der Waals surface area contributed by atoms with Gasteiger partial charge in [0.05, 0.1) is 11.1 Å². The van der Waals surface area contributed by atoms with Gasteiger partial charge in [0.2, 0.25) is 0 Å². The average Bonchev–Trinajstić information content (AvgIpc) is 2.73. The summed E-state index contributed by atoms with van der Waals surface area (Å²) < 4.78 is 11.6. The summed E-state index contributed by atoms with van der Waals surface area (Å²) in [6.45, 7) is 0.342. The smallest absolute Gasteiger partial charge is 0.339 e. The van der Waals surface area contributed by atoms with Crippen LogP contribution in [0.1, 0.15) is 31.8 Å². The second-order valence-corrected chi connectivity index (χ2v) is 7.64. The molecule has 142 valence electrons. The van der Waals surface area contributed by atoms with E-state index in [0.29, 0.717) is 20.1 Å². The van der Waals surface area contributed by atoms with Crippen molar-refractivity contribution in [2.24, 2.45) is 0 Å². The molecule has 0 saturated heterocycles. The van der Waals surface area contributed by atoms with Gasteiger partial charge in [-0.15, -0.1) is 0 Å². The maximum atomic E-state index is 12.4. The van der Waals surface area contributed by atoms with Crippen molar-refractivity contribution in [2.45, 2.75) is 13.2 Å². The lowest BCUT2D eigenvalue weighted by atomic mass is 10.1. The minimum Gasteiger partial charge on any atom is -0.457 e. The van der Waals surface area contributed by atoms with Crippen molar-refractivity contribution < 1.29 is 19.1 Å². The van der Waals surface area contributed by atoms with E-state index in [1.807, 2.05) is 60.7 Å². The van der Waals surface area contributed by atoms with E-state index in [2.05, 4.69) is 31.9 Å². The van der Waals surface area contributed by atoms with Gasteiger partial charge in [0.15, 0.2) is 0 Å². The van der Waals surface area contributed by atoms with Crippen LogP contribution in [-0.2, 0) is 22.7 Å². The quantitative estimate of drug-likeness (QED) is 0.391. The molecule has 0 aliphatic rings. The molecule has 0 bridgehead atoms. The largest absolute Gasteiger partial charge is 0.457 e.